The minimum atomic E-state index is 0.971. The van der Waals surface area contributed by atoms with E-state index in [1.807, 2.05) is 6.07 Å². The van der Waals surface area contributed by atoms with Crippen molar-refractivity contribution in [1.82, 2.24) is 0 Å². The monoisotopic (exact) mass is 640 g/mol. The number of anilines is 5. The van der Waals surface area contributed by atoms with Gasteiger partial charge in [0.25, 0.3) is 0 Å². The lowest BCUT2D eigenvalue weighted by Crippen LogP contribution is -2.11. The Kier molecular flexibility index (Phi) is 8.49. The van der Waals surface area contributed by atoms with Crippen molar-refractivity contribution in [3.05, 3.63) is 219 Å². The third kappa shape index (κ3) is 6.19. The Balaban J connectivity index is 1.26. The van der Waals surface area contributed by atoms with Crippen LogP contribution in [0.1, 0.15) is 5.56 Å². The zero-order valence-electron chi connectivity index (χ0n) is 27.7. The van der Waals surface area contributed by atoms with Crippen molar-refractivity contribution < 1.29 is 0 Å². The topological polar surface area (TPSA) is 6.48 Å². The summed E-state index contributed by atoms with van der Waals surface area (Å²) in [7, 11) is 0. The highest BCUT2D eigenvalue weighted by Gasteiger charge is 2.19. The minimum absolute atomic E-state index is 0.971. The first-order chi connectivity index (χ1) is 24.7. The molecule has 1 heterocycles. The number of nitrogens with zero attached hydrogens (tertiary/aromatic N) is 2. The lowest BCUT2D eigenvalue weighted by Gasteiger charge is -2.27. The molecular weight excluding hydrogens is 605 g/mol. The zero-order valence-corrected chi connectivity index (χ0v) is 27.7. The molecular formula is C48H36N2. The van der Waals surface area contributed by atoms with E-state index in [-0.39, 0.29) is 0 Å². The van der Waals surface area contributed by atoms with Gasteiger partial charge in [0.1, 0.15) is 0 Å². The molecule has 7 aromatic carbocycles. The third-order valence-electron chi connectivity index (χ3n) is 9.18. The van der Waals surface area contributed by atoms with Gasteiger partial charge in [-0.1, -0.05) is 140 Å². The molecule has 7 aromatic rings. The van der Waals surface area contributed by atoms with Gasteiger partial charge in [-0.05, 0) is 106 Å². The summed E-state index contributed by atoms with van der Waals surface area (Å²) in [5.74, 6) is 0. The van der Waals surface area contributed by atoms with Crippen LogP contribution in [0.25, 0.3) is 39.0 Å². The average molecular weight is 641 g/mol. The van der Waals surface area contributed by atoms with Crippen LogP contribution in [-0.4, -0.2) is 0 Å². The fourth-order valence-corrected chi connectivity index (χ4v) is 6.70. The van der Waals surface area contributed by atoms with Crippen molar-refractivity contribution in [3.8, 4) is 33.4 Å². The van der Waals surface area contributed by atoms with Gasteiger partial charge in [0.2, 0.25) is 0 Å². The highest BCUT2D eigenvalue weighted by Crippen LogP contribution is 2.43. The Morgan fingerprint density at radius 3 is 1.66 bits per heavy atom. The van der Waals surface area contributed by atoms with E-state index in [0.29, 0.717) is 0 Å². The molecule has 0 saturated carbocycles. The molecule has 0 spiro atoms. The molecule has 0 bridgehead atoms. The molecule has 0 atom stereocenters. The number of fused-ring (bicyclic) bond motifs is 1. The van der Waals surface area contributed by atoms with E-state index >= 15 is 0 Å². The van der Waals surface area contributed by atoms with E-state index in [1.165, 1.54) is 11.1 Å². The number of rotatable bonds is 7. The molecule has 0 aliphatic carbocycles. The van der Waals surface area contributed by atoms with Gasteiger partial charge in [-0.15, -0.1) is 0 Å². The molecule has 1 aliphatic rings. The van der Waals surface area contributed by atoms with Gasteiger partial charge in [-0.3, -0.25) is 0 Å². The van der Waals surface area contributed by atoms with Crippen LogP contribution in [0.15, 0.2) is 213 Å². The molecule has 0 saturated heterocycles. The van der Waals surface area contributed by atoms with Crippen molar-refractivity contribution in [1.29, 1.82) is 0 Å². The quantitative estimate of drug-likeness (QED) is 0.171. The lowest BCUT2D eigenvalue weighted by atomic mass is 9.91. The van der Waals surface area contributed by atoms with E-state index in [4.69, 9.17) is 0 Å². The maximum absolute atomic E-state index is 4.48. The first-order valence-electron chi connectivity index (χ1n) is 17.0. The summed E-state index contributed by atoms with van der Waals surface area (Å²) in [6.07, 6.45) is 8.33. The van der Waals surface area contributed by atoms with Crippen LogP contribution in [0.5, 0.6) is 0 Å². The Morgan fingerprint density at radius 2 is 0.960 bits per heavy atom. The molecule has 8 rings (SSSR count). The fourth-order valence-electron chi connectivity index (χ4n) is 6.70. The second-order valence-corrected chi connectivity index (χ2v) is 12.3. The maximum Gasteiger partial charge on any atom is 0.0534 e. The van der Waals surface area contributed by atoms with Crippen LogP contribution >= 0.6 is 0 Å². The van der Waals surface area contributed by atoms with Gasteiger partial charge in [-0.2, -0.15) is 0 Å². The molecule has 0 fully saturated rings. The summed E-state index contributed by atoms with van der Waals surface area (Å²) >= 11 is 0. The van der Waals surface area contributed by atoms with Crippen molar-refractivity contribution in [2.45, 2.75) is 0 Å². The number of benzene rings is 7. The summed E-state index contributed by atoms with van der Waals surface area (Å²) < 4.78 is 0. The van der Waals surface area contributed by atoms with Gasteiger partial charge >= 0.3 is 0 Å². The summed E-state index contributed by atoms with van der Waals surface area (Å²) in [4.78, 5) is 4.57. The zero-order chi connectivity index (χ0) is 33.7. The molecule has 2 heteroatoms. The van der Waals surface area contributed by atoms with Crippen LogP contribution in [0, 0.1) is 0 Å². The molecule has 0 unspecified atom stereocenters. The summed E-state index contributed by atoms with van der Waals surface area (Å²) in [6, 6.07) is 64.7. The molecule has 50 heavy (non-hydrogen) atoms. The molecule has 238 valence electrons. The lowest BCUT2D eigenvalue weighted by molar-refractivity contribution is 1.27. The minimum Gasteiger partial charge on any atom is -0.317 e. The molecule has 0 aromatic heterocycles. The second kappa shape index (κ2) is 13.8. The van der Waals surface area contributed by atoms with E-state index in [1.54, 1.807) is 0 Å². The average Bonchev–Trinajstić information content (AvgIpc) is 3.19. The van der Waals surface area contributed by atoms with Gasteiger partial charge in [-0.25, -0.2) is 0 Å². The standard InChI is InChI=1S/C48H36N2/c1-36-16-14-15-33-49(41-21-10-4-11-22-41)48-32-27-40(34-46(36)48)45-31-30-44(35-47(45)39-19-8-3-9-20-39)50(42-23-12-5-13-24-42)43-28-25-38(26-29-43)37-17-6-2-7-18-37/h2-35H,1H2/b16-14-,33-15-. The van der Waals surface area contributed by atoms with Crippen LogP contribution in [0.2, 0.25) is 0 Å². The largest absolute Gasteiger partial charge is 0.317 e. The van der Waals surface area contributed by atoms with Crippen LogP contribution < -0.4 is 9.80 Å². The van der Waals surface area contributed by atoms with Crippen molar-refractivity contribution >= 4 is 34.0 Å². The highest BCUT2D eigenvalue weighted by molar-refractivity contribution is 5.93. The maximum atomic E-state index is 4.48. The van der Waals surface area contributed by atoms with Crippen LogP contribution in [0.4, 0.5) is 28.4 Å². The van der Waals surface area contributed by atoms with E-state index < -0.39 is 0 Å². The van der Waals surface area contributed by atoms with Gasteiger partial charge in [0.15, 0.2) is 0 Å². The predicted molar refractivity (Wildman–Crippen MR) is 213 cm³/mol. The molecule has 1 aliphatic heterocycles. The normalized spacial score (nSPS) is 13.5. The van der Waals surface area contributed by atoms with Crippen LogP contribution in [0.3, 0.4) is 0 Å². The summed E-state index contributed by atoms with van der Waals surface area (Å²) in [5.41, 5.74) is 14.6. The summed E-state index contributed by atoms with van der Waals surface area (Å²) in [5, 5.41) is 0. The smallest absolute Gasteiger partial charge is 0.0534 e. The molecule has 0 amide bonds. The van der Waals surface area contributed by atoms with E-state index in [0.717, 1.165) is 61.8 Å². The fraction of sp³-hybridized carbons (Fsp3) is 0. The second-order valence-electron chi connectivity index (χ2n) is 12.3. The SMILES string of the molecule is C=C1/C=C\C=C/N(c2ccccc2)c2ccc(-c3ccc(N(c4ccccc4)c4ccc(-c5ccccc5)cc4)cc3-c3ccccc3)cc21. The Bertz CT molecular complexity index is 2300. The van der Waals surface area contributed by atoms with Gasteiger partial charge in [0, 0.05) is 34.5 Å². The predicted octanol–water partition coefficient (Wildman–Crippen LogP) is 13.4. The highest BCUT2D eigenvalue weighted by atomic mass is 15.1. The summed E-state index contributed by atoms with van der Waals surface area (Å²) in [6.45, 7) is 4.48. The first kappa shape index (κ1) is 30.7. The third-order valence-corrected chi connectivity index (χ3v) is 9.18. The molecule has 2 nitrogen and oxygen atoms in total. The first-order valence-corrected chi connectivity index (χ1v) is 17.0. The van der Waals surface area contributed by atoms with Gasteiger partial charge < -0.3 is 9.80 Å². The Labute approximate surface area is 294 Å². The number of hydrogen-bond acceptors (Lipinski definition) is 2. The van der Waals surface area contributed by atoms with Gasteiger partial charge in [0.05, 0.1) is 5.69 Å². The van der Waals surface area contributed by atoms with Crippen LogP contribution in [-0.2, 0) is 0 Å². The molecule has 0 radical (unpaired) electrons. The number of hydrogen-bond donors (Lipinski definition) is 0. The van der Waals surface area contributed by atoms with E-state index in [9.17, 15) is 0 Å². The Morgan fingerprint density at radius 1 is 0.400 bits per heavy atom. The number of allylic oxidation sites excluding steroid dienone is 4. The van der Waals surface area contributed by atoms with Crippen molar-refractivity contribution in [2.75, 3.05) is 9.80 Å². The van der Waals surface area contributed by atoms with Crippen molar-refractivity contribution in [3.63, 3.8) is 0 Å². The van der Waals surface area contributed by atoms with E-state index in [2.05, 4.69) is 217 Å². The molecule has 0 N–H and O–H groups in total. The Hall–Kier alpha value is -6.64. The number of para-hydroxylation sites is 2. The van der Waals surface area contributed by atoms with Crippen molar-refractivity contribution in [2.24, 2.45) is 0 Å².